The Morgan fingerprint density at radius 2 is 2.29 bits per heavy atom. The number of thiazole rings is 1. The highest BCUT2D eigenvalue weighted by Gasteiger charge is 2.31. The predicted molar refractivity (Wildman–Crippen MR) is 95.8 cm³/mol. The fourth-order valence-electron chi connectivity index (χ4n) is 3.24. The Kier molecular flexibility index (Phi) is 4.12. The van der Waals surface area contributed by atoms with Crippen molar-refractivity contribution in [2.45, 2.75) is 32.0 Å². The maximum Gasteiger partial charge on any atom is 0.182 e. The van der Waals surface area contributed by atoms with E-state index in [4.69, 9.17) is 4.74 Å². The predicted octanol–water partition coefficient (Wildman–Crippen LogP) is 2.87. The maximum absolute atomic E-state index is 6.26. The maximum atomic E-state index is 6.26. The highest BCUT2D eigenvalue weighted by molar-refractivity contribution is 7.15. The Hall–Kier alpha value is -2.12. The van der Waals surface area contributed by atoms with Crippen molar-refractivity contribution in [1.29, 1.82) is 0 Å². The molecule has 0 saturated carbocycles. The molecule has 0 radical (unpaired) electrons. The van der Waals surface area contributed by atoms with E-state index in [1.54, 1.807) is 17.5 Å². The van der Waals surface area contributed by atoms with Crippen molar-refractivity contribution in [1.82, 2.24) is 19.3 Å². The summed E-state index contributed by atoms with van der Waals surface area (Å²) >= 11 is 1.71. The van der Waals surface area contributed by atoms with Crippen LogP contribution in [0, 0.1) is 0 Å². The zero-order chi connectivity index (χ0) is 16.5. The first-order chi connectivity index (χ1) is 11.7. The fourth-order valence-corrected chi connectivity index (χ4v) is 4.03. The normalized spacial score (nSPS) is 21.4. The summed E-state index contributed by atoms with van der Waals surface area (Å²) in [6.07, 6.45) is 8.91. The number of anilines is 1. The van der Waals surface area contributed by atoms with E-state index in [-0.39, 0.29) is 6.10 Å². The Labute approximate surface area is 145 Å². The molecule has 24 heavy (non-hydrogen) atoms. The largest absolute Gasteiger partial charge is 0.485 e. The molecule has 0 bridgehead atoms. The molecule has 6 nitrogen and oxygen atoms in total. The van der Waals surface area contributed by atoms with E-state index < -0.39 is 0 Å². The number of hydrogen-bond donors (Lipinski definition) is 1. The summed E-state index contributed by atoms with van der Waals surface area (Å²) in [6, 6.07) is 4.49. The first kappa shape index (κ1) is 15.4. The van der Waals surface area contributed by atoms with Gasteiger partial charge in [0.25, 0.3) is 0 Å². The summed E-state index contributed by atoms with van der Waals surface area (Å²) in [5, 5.41) is 4.06. The molecule has 0 aromatic carbocycles. The molecule has 4 rings (SSSR count). The minimum Gasteiger partial charge on any atom is -0.485 e. The molecule has 0 spiro atoms. The van der Waals surface area contributed by atoms with Crippen molar-refractivity contribution in [3.05, 3.63) is 41.8 Å². The third-order valence-electron chi connectivity index (χ3n) is 4.47. The van der Waals surface area contributed by atoms with Gasteiger partial charge in [-0.25, -0.2) is 9.97 Å². The number of aromatic nitrogens is 3. The number of fused-ring (bicyclic) bond motifs is 1. The molecule has 126 valence electrons. The molecule has 1 aliphatic heterocycles. The lowest BCUT2D eigenvalue weighted by Crippen LogP contribution is -2.27. The Morgan fingerprint density at radius 3 is 3.12 bits per heavy atom. The lowest BCUT2D eigenvalue weighted by atomic mass is 10.2. The van der Waals surface area contributed by atoms with Crippen LogP contribution in [0.15, 0.2) is 36.9 Å². The molecule has 3 aromatic heterocycles. The molecule has 3 aromatic rings. The molecule has 2 unspecified atom stereocenters. The zero-order valence-corrected chi connectivity index (χ0v) is 14.7. The van der Waals surface area contributed by atoms with Crippen LogP contribution in [0.5, 0.6) is 5.75 Å². The quantitative estimate of drug-likeness (QED) is 0.772. The summed E-state index contributed by atoms with van der Waals surface area (Å²) in [7, 11) is 1.90. The molecule has 2 atom stereocenters. The second-order valence-electron chi connectivity index (χ2n) is 6.17. The van der Waals surface area contributed by atoms with E-state index in [2.05, 4.69) is 27.1 Å². The van der Waals surface area contributed by atoms with E-state index in [1.165, 1.54) is 4.88 Å². The van der Waals surface area contributed by atoms with Crippen LogP contribution in [0.3, 0.4) is 0 Å². The molecule has 1 fully saturated rings. The molecule has 1 N–H and O–H groups in total. The van der Waals surface area contributed by atoms with Crippen molar-refractivity contribution in [3.63, 3.8) is 0 Å². The molecule has 7 heteroatoms. The Balaban J connectivity index is 1.44. The third kappa shape index (κ3) is 2.97. The van der Waals surface area contributed by atoms with Crippen LogP contribution in [-0.2, 0) is 6.54 Å². The van der Waals surface area contributed by atoms with Gasteiger partial charge >= 0.3 is 0 Å². The van der Waals surface area contributed by atoms with E-state index in [9.17, 15) is 0 Å². The van der Waals surface area contributed by atoms with Gasteiger partial charge in [-0.3, -0.25) is 4.90 Å². The van der Waals surface area contributed by atoms with Crippen molar-refractivity contribution in [2.24, 2.45) is 0 Å². The van der Waals surface area contributed by atoms with E-state index in [1.807, 2.05) is 42.2 Å². The van der Waals surface area contributed by atoms with E-state index in [0.717, 1.165) is 36.0 Å². The van der Waals surface area contributed by atoms with Gasteiger partial charge in [-0.05, 0) is 19.1 Å². The van der Waals surface area contributed by atoms with Crippen LogP contribution in [-0.4, -0.2) is 45.0 Å². The van der Waals surface area contributed by atoms with Crippen LogP contribution >= 0.6 is 11.3 Å². The summed E-state index contributed by atoms with van der Waals surface area (Å²) in [6.45, 7) is 4.11. The van der Waals surface area contributed by atoms with Gasteiger partial charge in [0, 0.05) is 62.3 Å². The molecule has 0 amide bonds. The lowest BCUT2D eigenvalue weighted by molar-refractivity contribution is 0.196. The average Bonchev–Trinajstić information content (AvgIpc) is 3.29. The first-order valence-corrected chi connectivity index (χ1v) is 8.99. The third-order valence-corrected chi connectivity index (χ3v) is 5.47. The minimum atomic E-state index is 0.194. The van der Waals surface area contributed by atoms with Gasteiger partial charge in [0.05, 0.1) is 0 Å². The monoisotopic (exact) mass is 343 g/mol. The van der Waals surface area contributed by atoms with Crippen LogP contribution in [0.25, 0.3) is 5.65 Å². The first-order valence-electron chi connectivity index (χ1n) is 8.18. The molecular weight excluding hydrogens is 322 g/mol. The van der Waals surface area contributed by atoms with Gasteiger partial charge in [-0.2, -0.15) is 0 Å². The van der Waals surface area contributed by atoms with Crippen LogP contribution in [0.2, 0.25) is 0 Å². The van der Waals surface area contributed by atoms with Crippen LogP contribution < -0.4 is 10.1 Å². The fraction of sp³-hybridized carbons (Fsp3) is 0.412. The van der Waals surface area contributed by atoms with Crippen LogP contribution in [0.4, 0.5) is 5.13 Å². The van der Waals surface area contributed by atoms with Gasteiger partial charge < -0.3 is 14.5 Å². The van der Waals surface area contributed by atoms with Crippen molar-refractivity contribution in [3.8, 4) is 5.75 Å². The standard InChI is InChI=1S/C17H21N5OS/c1-12-8-13(10-22(12)11-14-9-20-17(18-2)24-14)23-15-4-3-6-21-7-5-19-16(15)21/h3-7,9,12-13H,8,10-11H2,1-2H3,(H,18,20). The number of nitrogens with zero attached hydrogens (tertiary/aromatic N) is 4. The van der Waals surface area contributed by atoms with Gasteiger partial charge in [0.1, 0.15) is 6.10 Å². The Morgan fingerprint density at radius 1 is 1.38 bits per heavy atom. The smallest absolute Gasteiger partial charge is 0.182 e. The number of rotatable bonds is 5. The van der Waals surface area contributed by atoms with Gasteiger partial charge in [-0.1, -0.05) is 0 Å². The zero-order valence-electron chi connectivity index (χ0n) is 13.8. The summed E-state index contributed by atoms with van der Waals surface area (Å²) in [5.41, 5.74) is 0.879. The number of nitrogens with one attached hydrogen (secondary N) is 1. The number of pyridine rings is 1. The molecule has 4 heterocycles. The van der Waals surface area contributed by atoms with Gasteiger partial charge in [0.2, 0.25) is 0 Å². The SMILES string of the molecule is CNc1ncc(CN2CC(Oc3cccn4ccnc34)CC2C)s1. The minimum absolute atomic E-state index is 0.194. The van der Waals surface area contributed by atoms with E-state index in [0.29, 0.717) is 6.04 Å². The second kappa shape index (κ2) is 6.41. The average molecular weight is 343 g/mol. The highest BCUT2D eigenvalue weighted by atomic mass is 32.1. The van der Waals surface area contributed by atoms with E-state index >= 15 is 0 Å². The molecule has 0 aliphatic carbocycles. The van der Waals surface area contributed by atoms with Crippen LogP contribution in [0.1, 0.15) is 18.2 Å². The Bertz CT molecular complexity index is 829. The number of likely N-dealkylation sites (tertiary alicyclic amines) is 1. The number of ether oxygens (including phenoxy) is 1. The second-order valence-corrected chi connectivity index (χ2v) is 7.28. The summed E-state index contributed by atoms with van der Waals surface area (Å²) in [4.78, 5) is 12.5. The number of imidazole rings is 1. The highest BCUT2D eigenvalue weighted by Crippen LogP contribution is 2.28. The van der Waals surface area contributed by atoms with Crippen molar-refractivity contribution >= 4 is 22.1 Å². The topological polar surface area (TPSA) is 54.7 Å². The van der Waals surface area contributed by atoms with Crippen molar-refractivity contribution in [2.75, 3.05) is 18.9 Å². The molecule has 1 aliphatic rings. The lowest BCUT2D eigenvalue weighted by Gasteiger charge is -2.19. The van der Waals surface area contributed by atoms with Crippen molar-refractivity contribution < 1.29 is 4.74 Å². The summed E-state index contributed by atoms with van der Waals surface area (Å²) < 4.78 is 8.25. The summed E-state index contributed by atoms with van der Waals surface area (Å²) in [5.74, 6) is 0.858. The molecule has 1 saturated heterocycles. The number of hydrogen-bond acceptors (Lipinski definition) is 6. The van der Waals surface area contributed by atoms with Gasteiger partial charge in [-0.15, -0.1) is 11.3 Å². The molecular formula is C17H21N5OS. The van der Waals surface area contributed by atoms with Gasteiger partial charge in [0.15, 0.2) is 16.5 Å².